The minimum absolute atomic E-state index is 0.00910. The maximum atomic E-state index is 14.5. The highest BCUT2D eigenvalue weighted by Gasteiger charge is 2.70. The number of ketones is 1. The van der Waals surface area contributed by atoms with Gasteiger partial charge in [0, 0.05) is 11.3 Å². The van der Waals surface area contributed by atoms with E-state index < -0.39 is 65.3 Å². The number of aliphatic hydroxyl groups is 5. The summed E-state index contributed by atoms with van der Waals surface area (Å²) in [6, 6.07) is 0. The summed E-state index contributed by atoms with van der Waals surface area (Å²) >= 11 is 0. The molecule has 10 heteroatoms. The SMILES string of the molecule is CC1(C)C2CC[C@]3(C)[C@H](C(=O)C=C4[C@H]5C[C@@](C)(C(=O)O)CC[C@]5(C)CC[C@]43C)[C@@]2(C)CC[C@@H]1OC(=O)[C@H](O)[C@@H](O)[C@@H](O)[C@H](O)CO. The van der Waals surface area contributed by atoms with E-state index in [4.69, 9.17) is 9.84 Å². The van der Waals surface area contributed by atoms with Gasteiger partial charge in [-0.15, -0.1) is 0 Å². The largest absolute Gasteiger partial charge is 0.481 e. The van der Waals surface area contributed by atoms with E-state index in [2.05, 4.69) is 27.7 Å². The van der Waals surface area contributed by atoms with Crippen LogP contribution in [0.1, 0.15) is 106 Å². The summed E-state index contributed by atoms with van der Waals surface area (Å²) in [5.74, 6) is -1.96. The van der Waals surface area contributed by atoms with Crippen LogP contribution < -0.4 is 0 Å². The number of fused-ring (bicyclic) bond motifs is 7. The number of allylic oxidation sites excluding steroid dienone is 2. The molecule has 0 spiro atoms. The molecule has 260 valence electrons. The van der Waals surface area contributed by atoms with E-state index in [-0.39, 0.29) is 39.8 Å². The van der Waals surface area contributed by atoms with Gasteiger partial charge in [-0.1, -0.05) is 47.1 Å². The Kier molecular flexibility index (Phi) is 8.76. The Balaban J connectivity index is 1.43. The summed E-state index contributed by atoms with van der Waals surface area (Å²) in [6.07, 6.45) is 0.130. The number of carboxylic acid groups (broad SMARTS) is 1. The second-order valence-electron chi connectivity index (χ2n) is 17.5. The van der Waals surface area contributed by atoms with E-state index in [0.29, 0.717) is 25.7 Å². The Morgan fingerprint density at radius 2 is 1.52 bits per heavy atom. The standard InChI is InChI=1S/C36H56O10/c1-31(2)23-8-11-36(7)28(34(23,5)10-9-24(31)46-29(43)27(42)26(41)25(40)22(39)18-37)21(38)16-19-20-17-33(4,30(44)45)13-12-32(20,3)14-15-35(19,36)6/h16,20,22-28,37,39-42H,8-15,17-18H2,1-7H3,(H,44,45)/t20-,22-,23?,24+,25+,26+,27-,28-,32-,33+,34+,35-,36-/m1/s1. The Morgan fingerprint density at radius 3 is 2.13 bits per heavy atom. The number of ether oxygens (including phenoxy) is 1. The quantitative estimate of drug-likeness (QED) is 0.224. The molecule has 6 N–H and O–H groups in total. The molecule has 46 heavy (non-hydrogen) atoms. The molecule has 5 rings (SSSR count). The second-order valence-corrected chi connectivity index (χ2v) is 17.5. The van der Waals surface area contributed by atoms with Crippen LogP contribution in [0, 0.1) is 50.2 Å². The zero-order valence-corrected chi connectivity index (χ0v) is 28.6. The van der Waals surface area contributed by atoms with Crippen molar-refractivity contribution in [2.45, 2.75) is 137 Å². The zero-order chi connectivity index (χ0) is 34.4. The summed E-state index contributed by atoms with van der Waals surface area (Å²) < 4.78 is 5.80. The number of carboxylic acids is 1. The fourth-order valence-electron chi connectivity index (χ4n) is 11.4. The molecular weight excluding hydrogens is 592 g/mol. The maximum absolute atomic E-state index is 14.5. The van der Waals surface area contributed by atoms with E-state index in [0.717, 1.165) is 37.7 Å². The van der Waals surface area contributed by atoms with Crippen molar-refractivity contribution in [1.29, 1.82) is 0 Å². The van der Waals surface area contributed by atoms with Gasteiger partial charge in [0.1, 0.15) is 24.4 Å². The zero-order valence-electron chi connectivity index (χ0n) is 28.6. The van der Waals surface area contributed by atoms with Crippen LogP contribution in [0.2, 0.25) is 0 Å². The predicted octanol–water partition coefficient (Wildman–Crippen LogP) is 3.40. The molecule has 0 amide bonds. The molecule has 5 aliphatic rings. The monoisotopic (exact) mass is 648 g/mol. The number of carbonyl (C=O) groups excluding carboxylic acids is 2. The smallest absolute Gasteiger partial charge is 0.338 e. The van der Waals surface area contributed by atoms with Crippen LogP contribution in [0.4, 0.5) is 0 Å². The number of hydrogen-bond acceptors (Lipinski definition) is 9. The maximum Gasteiger partial charge on any atom is 0.338 e. The molecule has 0 saturated heterocycles. The van der Waals surface area contributed by atoms with E-state index in [9.17, 15) is 39.9 Å². The third-order valence-electron chi connectivity index (χ3n) is 14.8. The van der Waals surface area contributed by atoms with Crippen LogP contribution in [0.15, 0.2) is 11.6 Å². The van der Waals surface area contributed by atoms with Gasteiger partial charge in [-0.2, -0.15) is 0 Å². The summed E-state index contributed by atoms with van der Waals surface area (Å²) in [5.41, 5.74) is -1.25. The number of carbonyl (C=O) groups is 3. The highest BCUT2D eigenvalue weighted by atomic mass is 16.6. The van der Waals surface area contributed by atoms with Crippen LogP contribution in [0.3, 0.4) is 0 Å². The van der Waals surface area contributed by atoms with Crippen molar-refractivity contribution >= 4 is 17.7 Å². The Bertz CT molecular complexity index is 1290. The Labute approximate surface area is 272 Å². The summed E-state index contributed by atoms with van der Waals surface area (Å²) in [4.78, 5) is 39.9. The first-order valence-corrected chi connectivity index (χ1v) is 17.2. The van der Waals surface area contributed by atoms with Crippen molar-refractivity contribution in [3.05, 3.63) is 11.6 Å². The lowest BCUT2D eigenvalue weighted by atomic mass is 9.33. The van der Waals surface area contributed by atoms with Gasteiger partial charge in [-0.25, -0.2) is 4.79 Å². The first kappa shape index (κ1) is 35.5. The number of hydrogen-bond donors (Lipinski definition) is 6. The molecule has 0 aromatic heterocycles. The van der Waals surface area contributed by atoms with E-state index >= 15 is 0 Å². The van der Waals surface area contributed by atoms with Gasteiger partial charge >= 0.3 is 11.9 Å². The molecule has 4 fully saturated rings. The van der Waals surface area contributed by atoms with Crippen LogP contribution in [-0.2, 0) is 19.1 Å². The van der Waals surface area contributed by atoms with Gasteiger partial charge in [0.25, 0.3) is 0 Å². The summed E-state index contributed by atoms with van der Waals surface area (Å²) in [6.45, 7) is 14.2. The molecular formula is C36H56O10. The fraction of sp³-hybridized carbons (Fsp3) is 0.861. The van der Waals surface area contributed by atoms with Crippen molar-refractivity contribution in [3.8, 4) is 0 Å². The minimum Gasteiger partial charge on any atom is -0.481 e. The first-order valence-electron chi connectivity index (χ1n) is 17.2. The van der Waals surface area contributed by atoms with Gasteiger partial charge in [-0.05, 0) is 104 Å². The molecule has 0 radical (unpaired) electrons. The molecule has 0 bridgehead atoms. The highest BCUT2D eigenvalue weighted by molar-refractivity contribution is 5.95. The molecule has 1 unspecified atom stereocenters. The molecule has 0 aromatic carbocycles. The lowest BCUT2D eigenvalue weighted by Gasteiger charge is -2.70. The number of aliphatic hydroxyl groups excluding tert-OH is 5. The molecule has 13 atom stereocenters. The van der Waals surface area contributed by atoms with Gasteiger partial charge in [0.15, 0.2) is 11.9 Å². The van der Waals surface area contributed by atoms with Gasteiger partial charge in [-0.3, -0.25) is 9.59 Å². The third-order valence-corrected chi connectivity index (χ3v) is 14.8. The number of aliphatic carboxylic acids is 1. The van der Waals surface area contributed by atoms with Crippen LogP contribution in [0.25, 0.3) is 0 Å². The Hall–Kier alpha value is -1.85. The van der Waals surface area contributed by atoms with Crippen LogP contribution in [-0.4, -0.2) is 85.5 Å². The van der Waals surface area contributed by atoms with E-state index in [1.54, 1.807) is 0 Å². The normalized spacial score (nSPS) is 45.8. The predicted molar refractivity (Wildman–Crippen MR) is 168 cm³/mol. The molecule has 5 aliphatic carbocycles. The summed E-state index contributed by atoms with van der Waals surface area (Å²) in [5, 5.41) is 59.6. The summed E-state index contributed by atoms with van der Waals surface area (Å²) in [7, 11) is 0. The van der Waals surface area contributed by atoms with E-state index in [1.807, 2.05) is 26.8 Å². The topological polar surface area (TPSA) is 182 Å². The van der Waals surface area contributed by atoms with Crippen LogP contribution in [0.5, 0.6) is 0 Å². The lowest BCUT2D eigenvalue weighted by molar-refractivity contribution is -0.217. The van der Waals surface area contributed by atoms with E-state index in [1.165, 1.54) is 0 Å². The van der Waals surface area contributed by atoms with Crippen LogP contribution >= 0.6 is 0 Å². The minimum atomic E-state index is -2.11. The average molecular weight is 649 g/mol. The van der Waals surface area contributed by atoms with Gasteiger partial charge in [0.05, 0.1) is 12.0 Å². The van der Waals surface area contributed by atoms with Crippen molar-refractivity contribution in [2.75, 3.05) is 6.61 Å². The van der Waals surface area contributed by atoms with Crippen molar-refractivity contribution in [1.82, 2.24) is 0 Å². The molecule has 4 saturated carbocycles. The average Bonchev–Trinajstić information content (AvgIpc) is 2.98. The third kappa shape index (κ3) is 4.94. The van der Waals surface area contributed by atoms with Crippen molar-refractivity contribution in [3.63, 3.8) is 0 Å². The first-order chi connectivity index (χ1) is 21.1. The van der Waals surface area contributed by atoms with Crippen molar-refractivity contribution in [2.24, 2.45) is 50.2 Å². The fourth-order valence-corrected chi connectivity index (χ4v) is 11.4. The van der Waals surface area contributed by atoms with Crippen molar-refractivity contribution < 1.29 is 49.8 Å². The van der Waals surface area contributed by atoms with Gasteiger partial charge in [0.2, 0.25) is 0 Å². The number of esters is 1. The molecule has 10 nitrogen and oxygen atoms in total. The molecule has 0 aromatic rings. The highest BCUT2D eigenvalue weighted by Crippen LogP contribution is 2.75. The molecule has 0 aliphatic heterocycles. The van der Waals surface area contributed by atoms with Gasteiger partial charge < -0.3 is 35.4 Å². The Morgan fingerprint density at radius 1 is 0.891 bits per heavy atom. The lowest BCUT2D eigenvalue weighted by Crippen LogP contribution is -2.67. The number of rotatable bonds is 7. The molecule has 0 heterocycles. The second kappa shape index (κ2) is 11.4.